The van der Waals surface area contributed by atoms with Crippen LogP contribution in [0.2, 0.25) is 0 Å². The van der Waals surface area contributed by atoms with Crippen molar-refractivity contribution in [3.8, 4) is 11.1 Å². The van der Waals surface area contributed by atoms with Gasteiger partial charge in [0.05, 0.1) is 26.1 Å². The third-order valence-corrected chi connectivity index (χ3v) is 8.90. The van der Waals surface area contributed by atoms with Crippen LogP contribution in [0, 0.1) is 6.92 Å². The van der Waals surface area contributed by atoms with Gasteiger partial charge in [0.2, 0.25) is 0 Å². The number of thioether (sulfide) groups is 1. The van der Waals surface area contributed by atoms with Crippen LogP contribution in [0.3, 0.4) is 0 Å². The van der Waals surface area contributed by atoms with Crippen LogP contribution in [0.4, 0.5) is 0 Å². The van der Waals surface area contributed by atoms with Crippen molar-refractivity contribution in [1.82, 2.24) is 5.32 Å². The third kappa shape index (κ3) is 8.73. The Bertz CT molecular complexity index is 1160. The van der Waals surface area contributed by atoms with Gasteiger partial charge >= 0.3 is 30.7 Å². The van der Waals surface area contributed by atoms with Crippen LogP contribution in [0.15, 0.2) is 42.5 Å². The van der Waals surface area contributed by atoms with Crippen molar-refractivity contribution in [3.05, 3.63) is 59.2 Å². The monoisotopic (exact) mass is 561 g/mol. The number of hydrogen-bond donors (Lipinski definition) is 2. The first-order valence-electron chi connectivity index (χ1n) is 14.3. The maximum absolute atomic E-state index is 13.9. The van der Waals surface area contributed by atoms with Crippen LogP contribution in [-0.2, 0) is 16.0 Å². The van der Waals surface area contributed by atoms with Crippen molar-refractivity contribution >= 4 is 29.5 Å². The van der Waals surface area contributed by atoms with Gasteiger partial charge < -0.3 is 11.8 Å². The first kappa shape index (κ1) is 34.2. The average Bonchev–Trinajstić information content (AvgIpc) is 2.94. The van der Waals surface area contributed by atoms with Crippen LogP contribution in [0.25, 0.3) is 11.1 Å². The summed E-state index contributed by atoms with van der Waals surface area (Å²) >= 11 is 1.55. The van der Waals surface area contributed by atoms with E-state index in [9.17, 15) is 19.5 Å². The number of carbonyl (C=O) groups is 3. The molecule has 8 heteroatoms. The van der Waals surface area contributed by atoms with E-state index in [0.29, 0.717) is 34.7 Å². The molecule has 2 aromatic rings. The molecule has 3 rings (SSSR count). The number of hydrogen-bond acceptors (Lipinski definition) is 4. The molecule has 1 saturated carbocycles. The normalized spacial score (nSPS) is 15.9. The van der Waals surface area contributed by atoms with Gasteiger partial charge in [-0.25, -0.2) is 9.59 Å². The van der Waals surface area contributed by atoms with E-state index in [1.807, 2.05) is 49.6 Å². The Hall–Kier alpha value is -2.04. The number of unbranched alkanes of at least 4 members (excludes halogenated alkanes) is 1. The maximum Gasteiger partial charge on any atom is 1.00 e. The van der Waals surface area contributed by atoms with E-state index in [0.717, 1.165) is 54.5 Å². The van der Waals surface area contributed by atoms with Crippen molar-refractivity contribution in [1.29, 1.82) is 0 Å². The van der Waals surface area contributed by atoms with E-state index in [2.05, 4.69) is 19.3 Å². The van der Waals surface area contributed by atoms with Gasteiger partial charge in [0.25, 0.3) is 5.91 Å². The number of likely N-dealkylation sites (N-methyl/N-ethyl adjacent to an activating group) is 1. The molecule has 1 aliphatic rings. The Morgan fingerprint density at radius 1 is 1.10 bits per heavy atom. The van der Waals surface area contributed by atoms with Gasteiger partial charge in [-0.3, -0.25) is 9.28 Å². The van der Waals surface area contributed by atoms with Crippen LogP contribution >= 0.6 is 11.8 Å². The molecule has 1 fully saturated rings. The zero-order chi connectivity index (χ0) is 28.4. The van der Waals surface area contributed by atoms with E-state index < -0.39 is 17.9 Å². The second-order valence-corrected chi connectivity index (χ2v) is 12.0. The predicted octanol–water partition coefficient (Wildman–Crippen LogP) is 3.36. The van der Waals surface area contributed by atoms with Crippen LogP contribution in [0.5, 0.6) is 0 Å². The summed E-state index contributed by atoms with van der Waals surface area (Å²) in [5, 5.41) is 12.4. The van der Waals surface area contributed by atoms with Crippen LogP contribution in [0.1, 0.15) is 81.2 Å². The number of quaternary nitrogens is 1. The van der Waals surface area contributed by atoms with E-state index in [1.165, 1.54) is 19.3 Å². The SMILES string of the molecule is CCCC[N+](C)(C(=O)Cc1ccc(C(=O)N[C@@H](CCSC)C(=O)O)c(-c2ccccc2C)c1)C1CCCCC1.[H-].[Li+]. The molecule has 2 aromatic carbocycles. The van der Waals surface area contributed by atoms with Crippen molar-refractivity contribution in [2.75, 3.05) is 25.6 Å². The summed E-state index contributed by atoms with van der Waals surface area (Å²) in [6, 6.07) is 12.8. The number of benzene rings is 2. The number of rotatable bonds is 13. The molecule has 6 nitrogen and oxygen atoms in total. The van der Waals surface area contributed by atoms with Crippen molar-refractivity contribution < 1.29 is 44.3 Å². The number of aliphatic carboxylic acids is 1. The Kier molecular flexibility index (Phi) is 14.0. The summed E-state index contributed by atoms with van der Waals surface area (Å²) in [4.78, 5) is 39.1. The Balaban J connectivity index is 0.00000420. The second-order valence-electron chi connectivity index (χ2n) is 11.0. The smallest absolute Gasteiger partial charge is 1.00 e. The van der Waals surface area contributed by atoms with Gasteiger partial charge in [0, 0.05) is 5.56 Å². The van der Waals surface area contributed by atoms with Gasteiger partial charge in [0.1, 0.15) is 6.04 Å². The van der Waals surface area contributed by atoms with E-state index in [-0.39, 0.29) is 26.2 Å². The van der Waals surface area contributed by atoms with Crippen LogP contribution < -0.4 is 24.2 Å². The number of nitrogens with one attached hydrogen (secondary N) is 1. The van der Waals surface area contributed by atoms with Crippen molar-refractivity contribution in [2.24, 2.45) is 0 Å². The number of carboxylic acids is 1. The topological polar surface area (TPSA) is 83.5 Å². The number of amides is 2. The molecule has 0 spiro atoms. The van der Waals surface area contributed by atoms with Crippen molar-refractivity contribution in [3.63, 3.8) is 0 Å². The predicted molar refractivity (Wildman–Crippen MR) is 161 cm³/mol. The maximum atomic E-state index is 13.9. The number of carboxylic acid groups (broad SMARTS) is 1. The molecule has 2 amide bonds. The van der Waals surface area contributed by atoms with Gasteiger partial charge in [-0.2, -0.15) is 11.8 Å². The molecule has 40 heavy (non-hydrogen) atoms. The summed E-state index contributed by atoms with van der Waals surface area (Å²) in [5.74, 6) is -0.584. The molecule has 0 aromatic heterocycles. The van der Waals surface area contributed by atoms with E-state index >= 15 is 0 Å². The molecule has 214 valence electrons. The fourth-order valence-electron chi connectivity index (χ4n) is 5.73. The molecule has 2 N–H and O–H groups in total. The molecule has 0 bridgehead atoms. The largest absolute Gasteiger partial charge is 1.00 e. The van der Waals surface area contributed by atoms with Gasteiger partial charge in [-0.15, -0.1) is 0 Å². The molecule has 2 atom stereocenters. The van der Waals surface area contributed by atoms with Gasteiger partial charge in [-0.1, -0.05) is 50.1 Å². The first-order valence-corrected chi connectivity index (χ1v) is 15.7. The molecule has 1 unspecified atom stereocenters. The van der Waals surface area contributed by atoms with Crippen molar-refractivity contribution in [2.45, 2.75) is 83.7 Å². The molecule has 0 saturated heterocycles. The third-order valence-electron chi connectivity index (χ3n) is 8.26. The van der Waals surface area contributed by atoms with Gasteiger partial charge in [-0.05, 0) is 91.8 Å². The first-order chi connectivity index (χ1) is 18.7. The summed E-state index contributed by atoms with van der Waals surface area (Å²) < 4.78 is 0.478. The number of nitrogens with zero attached hydrogens (tertiary/aromatic N) is 1. The molecule has 0 radical (unpaired) electrons. The average molecular weight is 562 g/mol. The summed E-state index contributed by atoms with van der Waals surface area (Å²) in [7, 11) is 2.12. The molecular formula is C32H46LiN2O4S+. The minimum Gasteiger partial charge on any atom is -1.00 e. The number of carbonyl (C=O) groups excluding carboxylic acids is 2. The van der Waals surface area contributed by atoms with E-state index in [1.54, 1.807) is 17.8 Å². The fraction of sp³-hybridized carbons (Fsp3) is 0.531. The summed E-state index contributed by atoms with van der Waals surface area (Å²) in [6.07, 6.45) is 10.5. The number of aryl methyl sites for hydroxylation is 1. The van der Waals surface area contributed by atoms with E-state index in [4.69, 9.17) is 0 Å². The quantitative estimate of drug-likeness (QED) is 0.290. The zero-order valence-corrected chi connectivity index (χ0v) is 25.8. The molecule has 1 aliphatic carbocycles. The molecular weight excluding hydrogens is 515 g/mol. The summed E-state index contributed by atoms with van der Waals surface area (Å²) in [5.41, 5.74) is 3.95. The zero-order valence-electron chi connectivity index (χ0n) is 26.0. The molecule has 0 aliphatic heterocycles. The second kappa shape index (κ2) is 16.4. The van der Waals surface area contributed by atoms with Crippen LogP contribution in [-0.4, -0.2) is 65.1 Å². The Labute approximate surface area is 257 Å². The Morgan fingerprint density at radius 2 is 1.80 bits per heavy atom. The summed E-state index contributed by atoms with van der Waals surface area (Å²) in [6.45, 7) is 5.02. The standard InChI is InChI=1S/C32H44N2O4S.Li.H/c1-5-6-19-34(3,25-13-8-7-9-14-25)30(35)22-24-16-17-27(28(21-24)26-15-11-10-12-23(26)2)31(36)33-29(32(37)38)18-20-39-4;;/h10-12,15-17,21,25,29H,5-9,13-14,18-20,22H2,1-4H3,(H-,33,36,37,38);;/q;+1;-1/p+1/t29-,34?;;/m0../s1. The Morgan fingerprint density at radius 3 is 2.42 bits per heavy atom. The minimum absolute atomic E-state index is 0. The van der Waals surface area contributed by atoms with Gasteiger partial charge in [0.15, 0.2) is 0 Å². The molecule has 0 heterocycles. The minimum atomic E-state index is -1.04. The fourth-order valence-corrected chi connectivity index (χ4v) is 6.20.